The number of hydrogen-bond acceptors (Lipinski definition) is 6. The lowest BCUT2D eigenvalue weighted by Crippen LogP contribution is -2.24. The van der Waals surface area contributed by atoms with Gasteiger partial charge in [0, 0.05) is 12.6 Å². The second-order valence-corrected chi connectivity index (χ2v) is 5.11. The van der Waals surface area contributed by atoms with Gasteiger partial charge in [-0.05, 0) is 17.7 Å². The van der Waals surface area contributed by atoms with E-state index in [1.54, 1.807) is 0 Å². The molecule has 138 valence electrons. The van der Waals surface area contributed by atoms with Crippen molar-refractivity contribution in [3.63, 3.8) is 0 Å². The number of nitrogens with zero attached hydrogens (tertiary/aromatic N) is 1. The van der Waals surface area contributed by atoms with E-state index in [0.717, 1.165) is 0 Å². The van der Waals surface area contributed by atoms with Gasteiger partial charge < -0.3 is 19.5 Å². The summed E-state index contributed by atoms with van der Waals surface area (Å²) >= 11 is 0. The van der Waals surface area contributed by atoms with Crippen LogP contribution in [0.1, 0.15) is 15.9 Å². The Morgan fingerprint density at radius 2 is 1.73 bits per heavy atom. The van der Waals surface area contributed by atoms with E-state index in [2.05, 4.69) is 5.32 Å². The van der Waals surface area contributed by atoms with Gasteiger partial charge in [-0.3, -0.25) is 14.9 Å². The van der Waals surface area contributed by atoms with Crippen LogP contribution in [-0.2, 0) is 6.54 Å². The van der Waals surface area contributed by atoms with Crippen LogP contribution in [-0.4, -0.2) is 32.2 Å². The first kappa shape index (κ1) is 19.0. The molecule has 0 saturated heterocycles. The molecule has 9 heteroatoms. The molecule has 0 aliphatic carbocycles. The molecule has 2 aromatic carbocycles. The van der Waals surface area contributed by atoms with Crippen LogP contribution in [0.15, 0.2) is 30.3 Å². The van der Waals surface area contributed by atoms with Gasteiger partial charge in [0.05, 0.1) is 26.3 Å². The number of carbonyl (C=O) groups excluding carboxylic acids is 1. The molecule has 0 aliphatic heterocycles. The van der Waals surface area contributed by atoms with Crippen molar-refractivity contribution in [3.8, 4) is 17.2 Å². The van der Waals surface area contributed by atoms with Gasteiger partial charge in [-0.15, -0.1) is 0 Å². The Morgan fingerprint density at radius 3 is 2.23 bits per heavy atom. The molecule has 0 aliphatic rings. The van der Waals surface area contributed by atoms with E-state index >= 15 is 0 Å². The van der Waals surface area contributed by atoms with Crippen LogP contribution in [0.4, 0.5) is 10.1 Å². The number of benzene rings is 2. The Kier molecular flexibility index (Phi) is 5.94. The SMILES string of the molecule is COc1cc(C(=O)NCc2ccc(F)cc2)c([N+](=O)[O-])c(OC)c1OC. The molecule has 0 bridgehead atoms. The molecule has 0 aromatic heterocycles. The van der Waals surface area contributed by atoms with E-state index in [1.165, 1.54) is 51.7 Å². The average molecular weight is 364 g/mol. The summed E-state index contributed by atoms with van der Waals surface area (Å²) in [4.78, 5) is 23.3. The highest BCUT2D eigenvalue weighted by atomic mass is 19.1. The normalized spacial score (nSPS) is 10.2. The molecule has 2 rings (SSSR count). The van der Waals surface area contributed by atoms with E-state index in [-0.39, 0.29) is 29.4 Å². The highest BCUT2D eigenvalue weighted by molar-refractivity contribution is 6.00. The highest BCUT2D eigenvalue weighted by Gasteiger charge is 2.32. The van der Waals surface area contributed by atoms with Gasteiger partial charge in [0.2, 0.25) is 11.5 Å². The summed E-state index contributed by atoms with van der Waals surface area (Å²) in [6.07, 6.45) is 0. The monoisotopic (exact) mass is 364 g/mol. The first-order chi connectivity index (χ1) is 12.4. The molecule has 0 radical (unpaired) electrons. The van der Waals surface area contributed by atoms with E-state index in [9.17, 15) is 19.3 Å². The number of nitro benzene ring substituents is 1. The number of amides is 1. The number of nitro groups is 1. The third-order valence-corrected chi connectivity index (χ3v) is 3.60. The fraction of sp³-hybridized carbons (Fsp3) is 0.235. The zero-order chi connectivity index (χ0) is 19.3. The molecule has 26 heavy (non-hydrogen) atoms. The third-order valence-electron chi connectivity index (χ3n) is 3.60. The van der Waals surface area contributed by atoms with Crippen LogP contribution < -0.4 is 19.5 Å². The molecule has 0 atom stereocenters. The van der Waals surface area contributed by atoms with Crippen LogP contribution in [0.3, 0.4) is 0 Å². The summed E-state index contributed by atoms with van der Waals surface area (Å²) in [6, 6.07) is 6.71. The van der Waals surface area contributed by atoms with Gasteiger partial charge in [0.1, 0.15) is 11.4 Å². The Balaban J connectivity index is 2.41. The largest absolute Gasteiger partial charge is 0.493 e. The van der Waals surface area contributed by atoms with Crippen molar-refractivity contribution in [2.75, 3.05) is 21.3 Å². The number of carbonyl (C=O) groups is 1. The van der Waals surface area contributed by atoms with E-state index in [0.29, 0.717) is 5.56 Å². The summed E-state index contributed by atoms with van der Waals surface area (Å²) in [7, 11) is 3.87. The number of ether oxygens (including phenoxy) is 3. The number of halogens is 1. The minimum Gasteiger partial charge on any atom is -0.493 e. The lowest BCUT2D eigenvalue weighted by atomic mass is 10.1. The van der Waals surface area contributed by atoms with Gasteiger partial charge in [-0.1, -0.05) is 12.1 Å². The lowest BCUT2D eigenvalue weighted by molar-refractivity contribution is -0.386. The number of nitrogens with one attached hydrogen (secondary N) is 1. The topological polar surface area (TPSA) is 99.9 Å². The van der Waals surface area contributed by atoms with Crippen molar-refractivity contribution < 1.29 is 28.3 Å². The Labute approximate surface area is 148 Å². The van der Waals surface area contributed by atoms with Crippen LogP contribution >= 0.6 is 0 Å². The fourth-order valence-corrected chi connectivity index (χ4v) is 2.38. The molecule has 0 heterocycles. The van der Waals surface area contributed by atoms with E-state index < -0.39 is 22.3 Å². The molecule has 8 nitrogen and oxygen atoms in total. The van der Waals surface area contributed by atoms with Crippen molar-refractivity contribution >= 4 is 11.6 Å². The average Bonchev–Trinajstić information content (AvgIpc) is 2.65. The van der Waals surface area contributed by atoms with Crippen molar-refractivity contribution in [1.82, 2.24) is 5.32 Å². The lowest BCUT2D eigenvalue weighted by Gasteiger charge is -2.15. The summed E-state index contributed by atoms with van der Waals surface area (Å²) in [5.41, 5.74) is -0.150. The van der Waals surface area contributed by atoms with Gasteiger partial charge in [-0.25, -0.2) is 4.39 Å². The summed E-state index contributed by atoms with van der Waals surface area (Å²) in [5, 5.41) is 14.0. The maximum atomic E-state index is 12.9. The van der Waals surface area contributed by atoms with Crippen LogP contribution in [0.2, 0.25) is 0 Å². The molecule has 2 aromatic rings. The van der Waals surface area contributed by atoms with Crippen molar-refractivity contribution in [2.24, 2.45) is 0 Å². The second kappa shape index (κ2) is 8.15. The molecule has 1 N–H and O–H groups in total. The standard InChI is InChI=1S/C17H17FN2O6/c1-24-13-8-12(14(20(22)23)16(26-3)15(13)25-2)17(21)19-9-10-4-6-11(18)7-5-10/h4-8H,9H2,1-3H3,(H,19,21). The van der Waals surface area contributed by atoms with Crippen LogP contribution in [0, 0.1) is 15.9 Å². The Bertz CT molecular complexity index is 823. The molecular formula is C17H17FN2O6. The smallest absolute Gasteiger partial charge is 0.327 e. The highest BCUT2D eigenvalue weighted by Crippen LogP contribution is 2.46. The Morgan fingerprint density at radius 1 is 1.12 bits per heavy atom. The van der Waals surface area contributed by atoms with Crippen LogP contribution in [0.25, 0.3) is 0 Å². The molecule has 0 spiro atoms. The maximum Gasteiger partial charge on any atom is 0.327 e. The van der Waals surface area contributed by atoms with Gasteiger partial charge in [-0.2, -0.15) is 0 Å². The van der Waals surface area contributed by atoms with Gasteiger partial charge >= 0.3 is 5.69 Å². The van der Waals surface area contributed by atoms with Crippen molar-refractivity contribution in [2.45, 2.75) is 6.54 Å². The number of methoxy groups -OCH3 is 3. The molecule has 0 unspecified atom stereocenters. The predicted molar refractivity (Wildman–Crippen MR) is 90.3 cm³/mol. The zero-order valence-electron chi connectivity index (χ0n) is 14.4. The summed E-state index contributed by atoms with van der Waals surface area (Å²) in [5.74, 6) is -1.21. The number of rotatable bonds is 7. The zero-order valence-corrected chi connectivity index (χ0v) is 14.4. The van der Waals surface area contributed by atoms with Crippen molar-refractivity contribution in [1.29, 1.82) is 0 Å². The second-order valence-electron chi connectivity index (χ2n) is 5.11. The minimum atomic E-state index is -0.729. The maximum absolute atomic E-state index is 12.9. The predicted octanol–water partition coefficient (Wildman–Crippen LogP) is 2.69. The summed E-state index contributed by atoms with van der Waals surface area (Å²) in [6.45, 7) is 0.0624. The molecular weight excluding hydrogens is 347 g/mol. The minimum absolute atomic E-state index is 0.0109. The van der Waals surface area contributed by atoms with Gasteiger partial charge in [0.15, 0.2) is 5.75 Å². The summed E-state index contributed by atoms with van der Waals surface area (Å²) < 4.78 is 28.2. The van der Waals surface area contributed by atoms with Gasteiger partial charge in [0.25, 0.3) is 5.91 Å². The number of hydrogen-bond donors (Lipinski definition) is 1. The molecule has 0 fully saturated rings. The third kappa shape index (κ3) is 3.82. The quantitative estimate of drug-likeness (QED) is 0.599. The Hall–Kier alpha value is -3.36. The first-order valence-corrected chi connectivity index (χ1v) is 7.42. The van der Waals surface area contributed by atoms with Crippen LogP contribution in [0.5, 0.6) is 17.2 Å². The fourth-order valence-electron chi connectivity index (χ4n) is 2.38. The van der Waals surface area contributed by atoms with E-state index in [1.807, 2.05) is 0 Å². The van der Waals surface area contributed by atoms with E-state index in [4.69, 9.17) is 14.2 Å². The first-order valence-electron chi connectivity index (χ1n) is 7.42. The molecule has 0 saturated carbocycles. The van der Waals surface area contributed by atoms with Crippen molar-refractivity contribution in [3.05, 3.63) is 57.4 Å². The molecule has 1 amide bonds.